The van der Waals surface area contributed by atoms with E-state index in [1.54, 1.807) is 0 Å². The van der Waals surface area contributed by atoms with E-state index in [-0.39, 0.29) is 18.0 Å². The fourth-order valence-corrected chi connectivity index (χ4v) is 2.17. The summed E-state index contributed by atoms with van der Waals surface area (Å²) in [7, 11) is 0. The van der Waals surface area contributed by atoms with Crippen LogP contribution in [0.25, 0.3) is 0 Å². The van der Waals surface area contributed by atoms with Crippen molar-refractivity contribution >= 4 is 27.9 Å². The van der Waals surface area contributed by atoms with Crippen LogP contribution >= 0.6 is 11.3 Å². The summed E-state index contributed by atoms with van der Waals surface area (Å²) in [6.45, 7) is 2.06. The molecule has 0 radical (unpaired) electrons. The molecule has 1 N–H and O–H groups in total. The molecule has 1 aromatic heterocycles. The maximum Gasteiger partial charge on any atom is 0.269 e. The standard InChI is InChI=1S/C12H12N4O3S/c1-2-11-14-15-12(20-11)13-7-10(17)8-3-5-9(6-4-8)16(18)19/h3-6H,2,7H2,1H3,(H,13,15). The second-order valence-corrected chi connectivity index (χ2v) is 5.00. The molecule has 0 atom stereocenters. The van der Waals surface area contributed by atoms with Crippen molar-refractivity contribution in [2.45, 2.75) is 13.3 Å². The Hall–Kier alpha value is -2.35. The number of hydrogen-bond acceptors (Lipinski definition) is 7. The highest BCUT2D eigenvalue weighted by atomic mass is 32.1. The van der Waals surface area contributed by atoms with E-state index in [4.69, 9.17) is 0 Å². The molecular formula is C12H12N4O3S. The van der Waals surface area contributed by atoms with E-state index in [0.717, 1.165) is 11.4 Å². The average Bonchev–Trinajstić information content (AvgIpc) is 2.93. The van der Waals surface area contributed by atoms with Gasteiger partial charge in [-0.15, -0.1) is 10.2 Å². The number of benzene rings is 1. The Bertz CT molecular complexity index is 624. The zero-order chi connectivity index (χ0) is 14.5. The molecule has 8 heteroatoms. The van der Waals surface area contributed by atoms with Crippen LogP contribution in [-0.4, -0.2) is 27.4 Å². The van der Waals surface area contributed by atoms with Crippen molar-refractivity contribution in [2.24, 2.45) is 0 Å². The smallest absolute Gasteiger partial charge is 0.269 e. The molecule has 0 unspecified atom stereocenters. The van der Waals surface area contributed by atoms with Crippen molar-refractivity contribution in [2.75, 3.05) is 11.9 Å². The van der Waals surface area contributed by atoms with Crippen molar-refractivity contribution in [3.8, 4) is 0 Å². The molecule has 0 aliphatic rings. The molecule has 104 valence electrons. The summed E-state index contributed by atoms with van der Waals surface area (Å²) in [5.74, 6) is -0.159. The van der Waals surface area contributed by atoms with Crippen molar-refractivity contribution in [1.82, 2.24) is 10.2 Å². The number of nitro groups is 1. The lowest BCUT2D eigenvalue weighted by Gasteiger charge is -2.01. The van der Waals surface area contributed by atoms with Gasteiger partial charge in [-0.3, -0.25) is 14.9 Å². The predicted molar refractivity (Wildman–Crippen MR) is 75.2 cm³/mol. The predicted octanol–water partition coefficient (Wildman–Crippen LogP) is 2.30. The Labute approximate surface area is 118 Å². The van der Waals surface area contributed by atoms with Gasteiger partial charge in [0.15, 0.2) is 5.78 Å². The molecular weight excluding hydrogens is 280 g/mol. The van der Waals surface area contributed by atoms with Gasteiger partial charge >= 0.3 is 0 Å². The largest absolute Gasteiger partial charge is 0.353 e. The van der Waals surface area contributed by atoms with Gasteiger partial charge in [0, 0.05) is 17.7 Å². The lowest BCUT2D eigenvalue weighted by atomic mass is 10.1. The van der Waals surface area contributed by atoms with E-state index in [1.165, 1.54) is 35.6 Å². The quantitative estimate of drug-likeness (QED) is 0.498. The third kappa shape index (κ3) is 3.35. The third-order valence-corrected chi connectivity index (χ3v) is 3.59. The molecule has 0 saturated carbocycles. The van der Waals surface area contributed by atoms with Gasteiger partial charge in [-0.1, -0.05) is 18.3 Å². The summed E-state index contributed by atoms with van der Waals surface area (Å²) in [4.78, 5) is 21.9. The average molecular weight is 292 g/mol. The number of hydrogen-bond donors (Lipinski definition) is 1. The van der Waals surface area contributed by atoms with Crippen LogP contribution in [0.15, 0.2) is 24.3 Å². The van der Waals surface area contributed by atoms with E-state index in [2.05, 4.69) is 15.5 Å². The highest BCUT2D eigenvalue weighted by Gasteiger charge is 2.10. The monoisotopic (exact) mass is 292 g/mol. The number of nitro benzene ring substituents is 1. The van der Waals surface area contributed by atoms with E-state index in [0.29, 0.717) is 10.7 Å². The number of Topliss-reactive ketones (excluding diaryl/α,β-unsaturated/α-hetero) is 1. The maximum atomic E-state index is 11.9. The Morgan fingerprint density at radius 1 is 1.35 bits per heavy atom. The second kappa shape index (κ2) is 6.20. The summed E-state index contributed by atoms with van der Waals surface area (Å²) in [6, 6.07) is 5.51. The van der Waals surface area contributed by atoms with Gasteiger partial charge in [0.1, 0.15) is 5.01 Å². The molecule has 2 rings (SSSR count). The minimum atomic E-state index is -0.500. The molecule has 0 fully saturated rings. The Kier molecular flexibility index (Phi) is 4.36. The summed E-state index contributed by atoms with van der Waals surface area (Å²) >= 11 is 1.40. The molecule has 0 spiro atoms. The van der Waals surface area contributed by atoms with E-state index in [1.807, 2.05) is 6.92 Å². The highest BCUT2D eigenvalue weighted by molar-refractivity contribution is 7.15. The van der Waals surface area contributed by atoms with Crippen molar-refractivity contribution < 1.29 is 9.72 Å². The van der Waals surface area contributed by atoms with Crippen molar-refractivity contribution in [3.63, 3.8) is 0 Å². The lowest BCUT2D eigenvalue weighted by molar-refractivity contribution is -0.384. The van der Waals surface area contributed by atoms with Crippen molar-refractivity contribution in [1.29, 1.82) is 0 Å². The first-order chi connectivity index (χ1) is 9.60. The topological polar surface area (TPSA) is 98.0 Å². The first kappa shape index (κ1) is 14.1. The second-order valence-electron chi connectivity index (χ2n) is 3.94. The summed E-state index contributed by atoms with van der Waals surface area (Å²) < 4.78 is 0. The van der Waals surface area contributed by atoms with Crippen LogP contribution in [0.2, 0.25) is 0 Å². The molecule has 7 nitrogen and oxygen atoms in total. The minimum Gasteiger partial charge on any atom is -0.353 e. The molecule has 2 aromatic rings. The molecule has 0 bridgehead atoms. The van der Waals surface area contributed by atoms with Gasteiger partial charge < -0.3 is 5.32 Å². The number of aromatic nitrogens is 2. The number of nitrogens with one attached hydrogen (secondary N) is 1. The van der Waals surface area contributed by atoms with Gasteiger partial charge in [-0.25, -0.2) is 0 Å². The van der Waals surface area contributed by atoms with Crippen LogP contribution in [0.5, 0.6) is 0 Å². The molecule has 1 heterocycles. The fourth-order valence-electron chi connectivity index (χ4n) is 1.49. The lowest BCUT2D eigenvalue weighted by Crippen LogP contribution is -2.13. The number of aryl methyl sites for hydroxylation is 1. The van der Waals surface area contributed by atoms with E-state index in [9.17, 15) is 14.9 Å². The van der Waals surface area contributed by atoms with Gasteiger partial charge in [0.2, 0.25) is 5.13 Å². The van der Waals surface area contributed by atoms with Crippen LogP contribution in [0.3, 0.4) is 0 Å². The van der Waals surface area contributed by atoms with Crippen LogP contribution in [0.1, 0.15) is 22.3 Å². The number of rotatable bonds is 6. The van der Waals surface area contributed by atoms with Gasteiger partial charge in [-0.2, -0.15) is 0 Å². The van der Waals surface area contributed by atoms with Crippen LogP contribution in [0, 0.1) is 10.1 Å². The van der Waals surface area contributed by atoms with E-state index < -0.39 is 4.92 Å². The van der Waals surface area contributed by atoms with Crippen molar-refractivity contribution in [3.05, 3.63) is 45.0 Å². The van der Waals surface area contributed by atoms with Crippen LogP contribution in [0.4, 0.5) is 10.8 Å². The first-order valence-electron chi connectivity index (χ1n) is 5.94. The molecule has 1 aromatic carbocycles. The Balaban J connectivity index is 1.96. The summed E-state index contributed by atoms with van der Waals surface area (Å²) in [6.07, 6.45) is 0.801. The number of carbonyl (C=O) groups is 1. The highest BCUT2D eigenvalue weighted by Crippen LogP contribution is 2.16. The van der Waals surface area contributed by atoms with Gasteiger partial charge in [0.05, 0.1) is 11.5 Å². The summed E-state index contributed by atoms with van der Waals surface area (Å²) in [5.41, 5.74) is 0.384. The number of non-ortho nitro benzene ring substituents is 1. The SMILES string of the molecule is CCc1nnc(NCC(=O)c2ccc([N+](=O)[O-])cc2)s1. The van der Waals surface area contributed by atoms with E-state index >= 15 is 0 Å². The third-order valence-electron chi connectivity index (χ3n) is 2.57. The fraction of sp³-hybridized carbons (Fsp3) is 0.250. The number of ketones is 1. The molecule has 0 amide bonds. The Morgan fingerprint density at radius 2 is 2.05 bits per heavy atom. The van der Waals surface area contributed by atoms with Crippen LogP contribution in [-0.2, 0) is 6.42 Å². The zero-order valence-electron chi connectivity index (χ0n) is 10.7. The maximum absolute atomic E-state index is 11.9. The molecule has 0 aliphatic heterocycles. The Morgan fingerprint density at radius 3 is 2.60 bits per heavy atom. The minimum absolute atomic E-state index is 0.0359. The molecule has 0 saturated heterocycles. The molecule has 0 aliphatic carbocycles. The van der Waals surface area contributed by atoms with Gasteiger partial charge in [0.25, 0.3) is 5.69 Å². The molecule has 20 heavy (non-hydrogen) atoms. The number of carbonyl (C=O) groups excluding carboxylic acids is 1. The normalized spacial score (nSPS) is 10.2. The first-order valence-corrected chi connectivity index (χ1v) is 6.75. The zero-order valence-corrected chi connectivity index (χ0v) is 11.5. The van der Waals surface area contributed by atoms with Gasteiger partial charge in [-0.05, 0) is 18.6 Å². The summed E-state index contributed by atoms with van der Waals surface area (Å²) in [5, 5.41) is 22.7. The van der Waals surface area contributed by atoms with Crippen LogP contribution < -0.4 is 5.32 Å². The number of anilines is 1. The number of nitrogens with zero attached hydrogens (tertiary/aromatic N) is 3.